The van der Waals surface area contributed by atoms with Crippen molar-refractivity contribution in [2.45, 2.75) is 64.5 Å². The summed E-state index contributed by atoms with van der Waals surface area (Å²) in [6.07, 6.45) is 6.67. The van der Waals surface area contributed by atoms with Gasteiger partial charge in [0.1, 0.15) is 0 Å². The van der Waals surface area contributed by atoms with Crippen LogP contribution in [-0.2, 0) is 4.79 Å². The maximum Gasteiger partial charge on any atom is 0.224 e. The van der Waals surface area contributed by atoms with Crippen molar-refractivity contribution in [1.82, 2.24) is 9.80 Å². The molecule has 20 heavy (non-hydrogen) atoms. The van der Waals surface area contributed by atoms with Crippen molar-refractivity contribution in [3.8, 4) is 0 Å². The van der Waals surface area contributed by atoms with Crippen LogP contribution in [0.5, 0.6) is 0 Å². The van der Waals surface area contributed by atoms with Crippen LogP contribution in [0.4, 0.5) is 0 Å². The van der Waals surface area contributed by atoms with E-state index in [0.29, 0.717) is 24.9 Å². The number of hydrogen-bond acceptors (Lipinski definition) is 3. The number of nitrogens with zero attached hydrogens (tertiary/aromatic N) is 2. The van der Waals surface area contributed by atoms with Crippen LogP contribution in [0, 0.1) is 5.92 Å². The van der Waals surface area contributed by atoms with Crippen molar-refractivity contribution in [1.29, 1.82) is 0 Å². The lowest BCUT2D eigenvalue weighted by atomic mass is 9.91. The first kappa shape index (κ1) is 15.8. The summed E-state index contributed by atoms with van der Waals surface area (Å²) in [6.45, 7) is 8.19. The largest absolute Gasteiger partial charge is 0.343 e. The predicted octanol–water partition coefficient (Wildman–Crippen LogP) is 1.84. The Balaban J connectivity index is 1.89. The van der Waals surface area contributed by atoms with Gasteiger partial charge >= 0.3 is 0 Å². The van der Waals surface area contributed by atoms with Gasteiger partial charge in [-0.2, -0.15) is 0 Å². The molecule has 2 N–H and O–H groups in total. The van der Waals surface area contributed by atoms with Crippen LogP contribution in [0.3, 0.4) is 0 Å². The normalized spacial score (nSPS) is 30.2. The fraction of sp³-hybridized carbons (Fsp3) is 0.938. The maximum atomic E-state index is 12.4. The number of nitrogens with two attached hydrogens (primary N) is 1. The minimum absolute atomic E-state index is 0.229. The first-order valence-electron chi connectivity index (χ1n) is 8.35. The van der Waals surface area contributed by atoms with Crippen LogP contribution < -0.4 is 5.73 Å². The molecule has 2 aliphatic rings. The predicted molar refractivity (Wildman–Crippen MR) is 82.5 cm³/mol. The molecule has 0 aliphatic carbocycles. The first-order valence-corrected chi connectivity index (χ1v) is 8.35. The average molecular weight is 281 g/mol. The monoisotopic (exact) mass is 281 g/mol. The van der Waals surface area contributed by atoms with Gasteiger partial charge in [-0.3, -0.25) is 9.69 Å². The zero-order valence-electron chi connectivity index (χ0n) is 13.2. The molecular weight excluding hydrogens is 250 g/mol. The van der Waals surface area contributed by atoms with Gasteiger partial charge in [-0.15, -0.1) is 0 Å². The van der Waals surface area contributed by atoms with E-state index in [1.807, 2.05) is 4.90 Å². The molecule has 0 aromatic rings. The van der Waals surface area contributed by atoms with Crippen molar-refractivity contribution >= 4 is 5.91 Å². The minimum Gasteiger partial charge on any atom is -0.343 e. The lowest BCUT2D eigenvalue weighted by Gasteiger charge is -2.42. The summed E-state index contributed by atoms with van der Waals surface area (Å²) in [5.74, 6) is 1.11. The number of rotatable bonds is 4. The molecule has 1 amide bonds. The number of carbonyl (C=O) groups excluding carboxylic acids is 1. The molecule has 4 nitrogen and oxygen atoms in total. The second kappa shape index (κ2) is 7.41. The third kappa shape index (κ3) is 3.95. The second-order valence-corrected chi connectivity index (χ2v) is 6.75. The van der Waals surface area contributed by atoms with Crippen molar-refractivity contribution in [3.05, 3.63) is 0 Å². The van der Waals surface area contributed by atoms with E-state index < -0.39 is 0 Å². The number of amides is 1. The summed E-state index contributed by atoms with van der Waals surface area (Å²) in [4.78, 5) is 16.9. The zero-order chi connectivity index (χ0) is 14.5. The molecule has 0 aromatic heterocycles. The Kier molecular flexibility index (Phi) is 5.85. The molecule has 0 bridgehead atoms. The molecule has 3 atom stereocenters. The van der Waals surface area contributed by atoms with Gasteiger partial charge in [0, 0.05) is 38.1 Å². The smallest absolute Gasteiger partial charge is 0.224 e. The van der Waals surface area contributed by atoms with E-state index in [1.165, 1.54) is 19.3 Å². The highest BCUT2D eigenvalue weighted by atomic mass is 16.2. The summed E-state index contributed by atoms with van der Waals surface area (Å²) in [6, 6.07) is 0.786. The third-order valence-electron chi connectivity index (χ3n) is 5.05. The topological polar surface area (TPSA) is 49.6 Å². The molecule has 3 unspecified atom stereocenters. The van der Waals surface area contributed by atoms with Crippen molar-refractivity contribution in [2.75, 3.05) is 26.2 Å². The molecule has 0 aromatic carbocycles. The molecule has 0 saturated carbocycles. The molecule has 2 aliphatic heterocycles. The van der Waals surface area contributed by atoms with Crippen LogP contribution in [0.25, 0.3) is 0 Å². The molecule has 0 spiro atoms. The van der Waals surface area contributed by atoms with Crippen molar-refractivity contribution in [2.24, 2.45) is 11.7 Å². The Morgan fingerprint density at radius 2 is 1.90 bits per heavy atom. The highest BCUT2D eigenvalue weighted by molar-refractivity contribution is 5.77. The molecule has 2 saturated heterocycles. The van der Waals surface area contributed by atoms with E-state index >= 15 is 0 Å². The van der Waals surface area contributed by atoms with Crippen LogP contribution in [0.15, 0.2) is 0 Å². The molecule has 0 radical (unpaired) electrons. The van der Waals surface area contributed by atoms with Crippen LogP contribution in [0.1, 0.15) is 52.4 Å². The van der Waals surface area contributed by atoms with Gasteiger partial charge in [0.2, 0.25) is 5.91 Å². The van der Waals surface area contributed by atoms with Gasteiger partial charge < -0.3 is 10.6 Å². The van der Waals surface area contributed by atoms with Gasteiger partial charge in [-0.05, 0) is 51.5 Å². The van der Waals surface area contributed by atoms with Gasteiger partial charge in [-0.25, -0.2) is 0 Å². The number of piperidine rings is 2. The van der Waals surface area contributed by atoms with Crippen molar-refractivity contribution < 1.29 is 4.79 Å². The molecule has 116 valence electrons. The zero-order valence-corrected chi connectivity index (χ0v) is 13.2. The van der Waals surface area contributed by atoms with Gasteiger partial charge in [-0.1, -0.05) is 6.92 Å². The van der Waals surface area contributed by atoms with Crippen LogP contribution >= 0.6 is 0 Å². The maximum absolute atomic E-state index is 12.4. The molecule has 2 rings (SSSR count). The SMILES string of the molecule is CC1CCN(C(CN)CC(=O)N2CCCCC2)C(C)C1. The average Bonchev–Trinajstić information content (AvgIpc) is 2.46. The Morgan fingerprint density at radius 1 is 1.20 bits per heavy atom. The quantitative estimate of drug-likeness (QED) is 0.855. The molecule has 2 heterocycles. The fourth-order valence-corrected chi connectivity index (χ4v) is 3.78. The highest BCUT2D eigenvalue weighted by Crippen LogP contribution is 2.25. The third-order valence-corrected chi connectivity index (χ3v) is 5.05. The summed E-state index contributed by atoms with van der Waals surface area (Å²) >= 11 is 0. The van der Waals surface area contributed by atoms with Gasteiger partial charge in [0.15, 0.2) is 0 Å². The lowest BCUT2D eigenvalue weighted by Crippen LogP contribution is -2.51. The van der Waals surface area contributed by atoms with E-state index in [4.69, 9.17) is 5.73 Å². The fourth-order valence-electron chi connectivity index (χ4n) is 3.78. The van der Waals surface area contributed by atoms with Crippen LogP contribution in [0.2, 0.25) is 0 Å². The van der Waals surface area contributed by atoms with Crippen LogP contribution in [-0.4, -0.2) is 54.0 Å². The summed E-state index contributed by atoms with van der Waals surface area (Å²) < 4.78 is 0. The highest BCUT2D eigenvalue weighted by Gasteiger charge is 2.30. The number of carbonyl (C=O) groups is 1. The first-order chi connectivity index (χ1) is 9.61. The Bertz CT molecular complexity index is 315. The van der Waals surface area contributed by atoms with Crippen molar-refractivity contribution in [3.63, 3.8) is 0 Å². The minimum atomic E-state index is 0.229. The number of likely N-dealkylation sites (tertiary alicyclic amines) is 2. The molecule has 2 fully saturated rings. The van der Waals surface area contributed by atoms with E-state index in [0.717, 1.165) is 38.4 Å². The van der Waals surface area contributed by atoms with E-state index in [2.05, 4.69) is 18.7 Å². The Hall–Kier alpha value is -0.610. The van der Waals surface area contributed by atoms with E-state index in [9.17, 15) is 4.79 Å². The number of hydrogen-bond donors (Lipinski definition) is 1. The Morgan fingerprint density at radius 3 is 2.50 bits per heavy atom. The van der Waals surface area contributed by atoms with Gasteiger partial charge in [0.25, 0.3) is 0 Å². The summed E-state index contributed by atoms with van der Waals surface area (Å²) in [5, 5.41) is 0. The summed E-state index contributed by atoms with van der Waals surface area (Å²) in [5.41, 5.74) is 5.97. The van der Waals surface area contributed by atoms with E-state index in [-0.39, 0.29) is 6.04 Å². The van der Waals surface area contributed by atoms with Gasteiger partial charge in [0.05, 0.1) is 0 Å². The lowest BCUT2D eigenvalue weighted by molar-refractivity contribution is -0.133. The van der Waals surface area contributed by atoms with E-state index in [1.54, 1.807) is 0 Å². The Labute approximate surface area is 123 Å². The standard InChI is InChI=1S/C16H31N3O/c1-13-6-9-19(14(2)10-13)15(12-17)11-16(20)18-7-4-3-5-8-18/h13-15H,3-12,17H2,1-2H3. The molecule has 4 heteroatoms. The molecular formula is C16H31N3O. The second-order valence-electron chi connectivity index (χ2n) is 6.75. The summed E-state index contributed by atoms with van der Waals surface area (Å²) in [7, 11) is 0.